The fourth-order valence-corrected chi connectivity index (χ4v) is 3.62. The third-order valence-electron chi connectivity index (χ3n) is 4.87. The van der Waals surface area contributed by atoms with Crippen molar-refractivity contribution in [3.63, 3.8) is 0 Å². The molecule has 0 amide bonds. The Balaban J connectivity index is 1.64. The SMILES string of the molecule is CCc1ccccc1CN1CCN2CCN(C)C[C@@H]2C1. The van der Waals surface area contributed by atoms with Crippen LogP contribution in [0.1, 0.15) is 18.1 Å². The van der Waals surface area contributed by atoms with E-state index >= 15 is 0 Å². The summed E-state index contributed by atoms with van der Waals surface area (Å²) in [6, 6.07) is 9.66. The topological polar surface area (TPSA) is 9.72 Å². The van der Waals surface area contributed by atoms with Crippen LogP contribution in [0.3, 0.4) is 0 Å². The molecule has 110 valence electrons. The monoisotopic (exact) mass is 273 g/mol. The average Bonchev–Trinajstić information content (AvgIpc) is 2.47. The summed E-state index contributed by atoms with van der Waals surface area (Å²) in [5.41, 5.74) is 3.03. The molecule has 2 aliphatic heterocycles. The molecule has 2 fully saturated rings. The van der Waals surface area contributed by atoms with Gasteiger partial charge in [-0.15, -0.1) is 0 Å². The number of hydrogen-bond acceptors (Lipinski definition) is 3. The number of benzene rings is 1. The molecule has 0 unspecified atom stereocenters. The third-order valence-corrected chi connectivity index (χ3v) is 4.87. The Labute approximate surface area is 123 Å². The van der Waals surface area contributed by atoms with Crippen LogP contribution in [-0.4, -0.2) is 67.1 Å². The molecule has 0 saturated carbocycles. The summed E-state index contributed by atoms with van der Waals surface area (Å²) >= 11 is 0. The molecule has 1 atom stereocenters. The summed E-state index contributed by atoms with van der Waals surface area (Å²) in [7, 11) is 2.25. The third kappa shape index (κ3) is 3.05. The molecule has 0 aliphatic carbocycles. The molecule has 0 bridgehead atoms. The van der Waals surface area contributed by atoms with Gasteiger partial charge in [-0.05, 0) is 24.6 Å². The summed E-state index contributed by atoms with van der Waals surface area (Å²) in [4.78, 5) is 7.81. The average molecular weight is 273 g/mol. The Morgan fingerprint density at radius 2 is 1.75 bits per heavy atom. The van der Waals surface area contributed by atoms with Crippen LogP contribution in [0.5, 0.6) is 0 Å². The van der Waals surface area contributed by atoms with Gasteiger partial charge in [0.25, 0.3) is 0 Å². The molecule has 2 saturated heterocycles. The van der Waals surface area contributed by atoms with E-state index in [4.69, 9.17) is 0 Å². The summed E-state index contributed by atoms with van der Waals surface area (Å²) in [6.07, 6.45) is 1.14. The highest BCUT2D eigenvalue weighted by molar-refractivity contribution is 5.27. The first-order chi connectivity index (χ1) is 9.76. The van der Waals surface area contributed by atoms with Gasteiger partial charge in [0, 0.05) is 51.9 Å². The molecule has 3 rings (SSSR count). The van der Waals surface area contributed by atoms with Crippen molar-refractivity contribution in [2.24, 2.45) is 0 Å². The van der Waals surface area contributed by atoms with Gasteiger partial charge in [0.1, 0.15) is 0 Å². The van der Waals surface area contributed by atoms with Crippen LogP contribution in [0.25, 0.3) is 0 Å². The predicted molar refractivity (Wildman–Crippen MR) is 84.0 cm³/mol. The number of piperazine rings is 2. The summed E-state index contributed by atoms with van der Waals surface area (Å²) in [5.74, 6) is 0. The summed E-state index contributed by atoms with van der Waals surface area (Å²) in [6.45, 7) is 10.8. The fraction of sp³-hybridized carbons (Fsp3) is 0.647. The number of aryl methyl sites for hydroxylation is 1. The molecule has 3 nitrogen and oxygen atoms in total. The lowest BCUT2D eigenvalue weighted by molar-refractivity contribution is 0.0174. The molecule has 1 aromatic rings. The maximum absolute atomic E-state index is 2.68. The van der Waals surface area contributed by atoms with E-state index in [1.807, 2.05) is 0 Å². The standard InChI is InChI=1S/C17H27N3/c1-3-15-6-4-5-7-16(15)12-19-9-11-20-10-8-18(2)13-17(20)14-19/h4-7,17H,3,8-14H2,1-2H3/t17-/m1/s1. The van der Waals surface area contributed by atoms with Gasteiger partial charge in [0.15, 0.2) is 0 Å². The Kier molecular flexibility index (Phi) is 4.39. The zero-order valence-corrected chi connectivity index (χ0v) is 12.9. The second-order valence-corrected chi connectivity index (χ2v) is 6.31. The summed E-state index contributed by atoms with van der Waals surface area (Å²) < 4.78 is 0. The van der Waals surface area contributed by atoms with Crippen LogP contribution >= 0.6 is 0 Å². The van der Waals surface area contributed by atoms with Crippen molar-refractivity contribution in [2.75, 3.05) is 46.3 Å². The van der Waals surface area contributed by atoms with Gasteiger partial charge < -0.3 is 4.90 Å². The van der Waals surface area contributed by atoms with E-state index in [1.165, 1.54) is 50.4 Å². The van der Waals surface area contributed by atoms with Crippen molar-refractivity contribution < 1.29 is 0 Å². The maximum Gasteiger partial charge on any atom is 0.0351 e. The molecule has 0 radical (unpaired) electrons. The van der Waals surface area contributed by atoms with Gasteiger partial charge in [0.05, 0.1) is 0 Å². The van der Waals surface area contributed by atoms with Crippen molar-refractivity contribution in [2.45, 2.75) is 25.9 Å². The van der Waals surface area contributed by atoms with Crippen LogP contribution in [-0.2, 0) is 13.0 Å². The molecule has 20 heavy (non-hydrogen) atoms. The van der Waals surface area contributed by atoms with E-state index in [0.717, 1.165) is 19.0 Å². The zero-order valence-electron chi connectivity index (χ0n) is 12.9. The molecule has 1 aromatic carbocycles. The predicted octanol–water partition coefficient (Wildman–Crippen LogP) is 1.68. The number of fused-ring (bicyclic) bond motifs is 1. The van der Waals surface area contributed by atoms with Crippen LogP contribution in [0, 0.1) is 0 Å². The van der Waals surface area contributed by atoms with Gasteiger partial charge in [-0.25, -0.2) is 0 Å². The highest BCUT2D eigenvalue weighted by Crippen LogP contribution is 2.18. The second-order valence-electron chi connectivity index (χ2n) is 6.31. The van der Waals surface area contributed by atoms with E-state index in [9.17, 15) is 0 Å². The highest BCUT2D eigenvalue weighted by atomic mass is 15.3. The van der Waals surface area contributed by atoms with E-state index < -0.39 is 0 Å². The highest BCUT2D eigenvalue weighted by Gasteiger charge is 2.30. The van der Waals surface area contributed by atoms with Gasteiger partial charge in [-0.3, -0.25) is 9.80 Å². The van der Waals surface area contributed by atoms with Crippen molar-refractivity contribution in [3.05, 3.63) is 35.4 Å². The van der Waals surface area contributed by atoms with Crippen molar-refractivity contribution in [3.8, 4) is 0 Å². The lowest BCUT2D eigenvalue weighted by atomic mass is 10.0. The number of nitrogens with zero attached hydrogens (tertiary/aromatic N) is 3. The fourth-order valence-electron chi connectivity index (χ4n) is 3.62. The van der Waals surface area contributed by atoms with Gasteiger partial charge in [-0.1, -0.05) is 31.2 Å². The van der Waals surface area contributed by atoms with Crippen LogP contribution in [0.4, 0.5) is 0 Å². The van der Waals surface area contributed by atoms with E-state index in [1.54, 1.807) is 0 Å². The zero-order chi connectivity index (χ0) is 13.9. The van der Waals surface area contributed by atoms with Gasteiger partial charge in [0.2, 0.25) is 0 Å². The van der Waals surface area contributed by atoms with E-state index in [2.05, 4.69) is 52.9 Å². The molecule has 0 aromatic heterocycles. The quantitative estimate of drug-likeness (QED) is 0.829. The first kappa shape index (κ1) is 14.1. The Bertz CT molecular complexity index is 446. The van der Waals surface area contributed by atoms with Crippen molar-refractivity contribution >= 4 is 0 Å². The van der Waals surface area contributed by atoms with Crippen LogP contribution in [0.2, 0.25) is 0 Å². The van der Waals surface area contributed by atoms with E-state index in [-0.39, 0.29) is 0 Å². The lowest BCUT2D eigenvalue weighted by Gasteiger charge is -2.46. The first-order valence-electron chi connectivity index (χ1n) is 7.98. The Morgan fingerprint density at radius 1 is 1.00 bits per heavy atom. The largest absolute Gasteiger partial charge is 0.303 e. The molecule has 0 N–H and O–H groups in total. The maximum atomic E-state index is 2.68. The minimum atomic E-state index is 0.733. The minimum Gasteiger partial charge on any atom is -0.303 e. The number of hydrogen-bond donors (Lipinski definition) is 0. The van der Waals surface area contributed by atoms with Crippen molar-refractivity contribution in [1.82, 2.24) is 14.7 Å². The molecule has 3 heteroatoms. The lowest BCUT2D eigenvalue weighted by Crippen LogP contribution is -2.61. The Hall–Kier alpha value is -0.900. The van der Waals surface area contributed by atoms with Crippen LogP contribution in [0.15, 0.2) is 24.3 Å². The van der Waals surface area contributed by atoms with Gasteiger partial charge in [-0.2, -0.15) is 0 Å². The molecule has 2 heterocycles. The van der Waals surface area contributed by atoms with Gasteiger partial charge >= 0.3 is 0 Å². The molecule has 2 aliphatic rings. The normalized spacial score (nSPS) is 25.6. The number of rotatable bonds is 3. The molecular weight excluding hydrogens is 246 g/mol. The smallest absolute Gasteiger partial charge is 0.0351 e. The second kappa shape index (κ2) is 6.25. The molecule has 0 spiro atoms. The van der Waals surface area contributed by atoms with Crippen LogP contribution < -0.4 is 0 Å². The van der Waals surface area contributed by atoms with E-state index in [0.29, 0.717) is 0 Å². The van der Waals surface area contributed by atoms with Crippen molar-refractivity contribution in [1.29, 1.82) is 0 Å². The minimum absolute atomic E-state index is 0.733. The number of likely N-dealkylation sites (N-methyl/N-ethyl adjacent to an activating group) is 1. The molecular formula is C17H27N3. The Morgan fingerprint density at radius 3 is 2.55 bits per heavy atom. The summed E-state index contributed by atoms with van der Waals surface area (Å²) in [5, 5.41) is 0. The first-order valence-corrected chi connectivity index (χ1v) is 7.98.